The van der Waals surface area contributed by atoms with Crippen LogP contribution in [-0.4, -0.2) is 15.3 Å². The molecule has 0 fully saturated rings. The zero-order valence-corrected chi connectivity index (χ0v) is 27.9. The van der Waals surface area contributed by atoms with E-state index in [0.717, 1.165) is 33.4 Å². The fourth-order valence-corrected chi connectivity index (χ4v) is 5.19. The maximum absolute atomic E-state index is 11.6. The Morgan fingerprint density at radius 2 is 0.951 bits per heavy atom. The summed E-state index contributed by atoms with van der Waals surface area (Å²) in [5.74, 6) is 0.583. The molecule has 0 aliphatic carbocycles. The molecule has 3 rings (SSSR count). The van der Waals surface area contributed by atoms with E-state index < -0.39 is 0 Å². The highest BCUT2D eigenvalue weighted by atomic mass is 35.5. The van der Waals surface area contributed by atoms with Crippen molar-refractivity contribution in [2.45, 2.75) is 118 Å². The largest absolute Gasteiger partial charge is 0.507 e. The standard InChI is InChI=1S/C36H50ClNO3/c1-33(2,3)24-15-22(31(40)27(17-24)35(7,8)9)20-38(29-19-26(37)13-14-30(29)39)21-23-16-25(34(4,5)6)18-28(32(23)41)36(10,11)12/h13-19,39-41H,20-21H2,1-12H3. The molecule has 224 valence electrons. The molecule has 0 aliphatic rings. The summed E-state index contributed by atoms with van der Waals surface area (Å²) in [5, 5.41) is 34.7. The average Bonchev–Trinajstić information content (AvgIpc) is 2.79. The molecular weight excluding hydrogens is 530 g/mol. The second-order valence-corrected chi connectivity index (χ2v) is 16.0. The number of anilines is 1. The van der Waals surface area contributed by atoms with Gasteiger partial charge in [0.1, 0.15) is 17.2 Å². The van der Waals surface area contributed by atoms with Crippen LogP contribution in [0.15, 0.2) is 42.5 Å². The van der Waals surface area contributed by atoms with Gasteiger partial charge in [0, 0.05) is 29.2 Å². The molecular formula is C36H50ClNO3. The van der Waals surface area contributed by atoms with Crippen molar-refractivity contribution in [3.8, 4) is 17.2 Å². The molecule has 41 heavy (non-hydrogen) atoms. The van der Waals surface area contributed by atoms with Crippen LogP contribution in [0.3, 0.4) is 0 Å². The highest BCUT2D eigenvalue weighted by Crippen LogP contribution is 2.42. The number of phenolic OH excluding ortho intramolecular Hbond substituents is 3. The van der Waals surface area contributed by atoms with E-state index in [1.54, 1.807) is 18.2 Å². The van der Waals surface area contributed by atoms with Crippen LogP contribution in [0, 0.1) is 0 Å². The van der Waals surface area contributed by atoms with Crippen LogP contribution in [0.1, 0.15) is 116 Å². The lowest BCUT2D eigenvalue weighted by atomic mass is 9.78. The lowest BCUT2D eigenvalue weighted by Crippen LogP contribution is -2.25. The zero-order valence-electron chi connectivity index (χ0n) is 27.1. The molecule has 0 aromatic heterocycles. The van der Waals surface area contributed by atoms with Crippen LogP contribution in [0.5, 0.6) is 17.2 Å². The number of hydrogen-bond acceptors (Lipinski definition) is 4. The van der Waals surface area contributed by atoms with E-state index in [9.17, 15) is 15.3 Å². The van der Waals surface area contributed by atoms with Gasteiger partial charge in [0.05, 0.1) is 5.69 Å². The fraction of sp³-hybridized carbons (Fsp3) is 0.500. The first-order chi connectivity index (χ1) is 18.5. The van der Waals surface area contributed by atoms with Gasteiger partial charge in [0.15, 0.2) is 0 Å². The Hall–Kier alpha value is -2.85. The van der Waals surface area contributed by atoms with Crippen molar-refractivity contribution in [3.05, 3.63) is 80.9 Å². The van der Waals surface area contributed by atoms with Crippen LogP contribution in [0.25, 0.3) is 0 Å². The Labute approximate surface area is 253 Å². The van der Waals surface area contributed by atoms with Crippen molar-refractivity contribution >= 4 is 17.3 Å². The molecule has 4 nitrogen and oxygen atoms in total. The van der Waals surface area contributed by atoms with Gasteiger partial charge < -0.3 is 20.2 Å². The normalized spacial score (nSPS) is 13.0. The predicted octanol–water partition coefficient (Wildman–Crippen LogP) is 9.85. The van der Waals surface area contributed by atoms with Crippen LogP contribution in [0.2, 0.25) is 5.02 Å². The lowest BCUT2D eigenvalue weighted by molar-refractivity contribution is 0.433. The second kappa shape index (κ2) is 11.1. The van der Waals surface area contributed by atoms with E-state index in [-0.39, 0.29) is 38.9 Å². The Bertz CT molecular complexity index is 1330. The molecule has 3 aromatic rings. The number of phenols is 3. The van der Waals surface area contributed by atoms with Crippen molar-refractivity contribution in [1.82, 2.24) is 0 Å². The molecule has 5 heteroatoms. The molecule has 0 heterocycles. The van der Waals surface area contributed by atoms with Gasteiger partial charge in [-0.2, -0.15) is 0 Å². The summed E-state index contributed by atoms with van der Waals surface area (Å²) in [4.78, 5) is 1.99. The van der Waals surface area contributed by atoms with E-state index in [1.165, 1.54) is 0 Å². The SMILES string of the molecule is CC(C)(C)c1cc(CN(Cc2cc(C(C)(C)C)cc(C(C)(C)C)c2O)c2cc(Cl)ccc2O)c(O)c(C(C)(C)C)c1. The van der Waals surface area contributed by atoms with E-state index in [4.69, 9.17) is 11.6 Å². The molecule has 0 spiro atoms. The number of benzene rings is 3. The van der Waals surface area contributed by atoms with Crippen LogP contribution >= 0.6 is 11.6 Å². The van der Waals surface area contributed by atoms with Crippen molar-refractivity contribution in [1.29, 1.82) is 0 Å². The smallest absolute Gasteiger partial charge is 0.139 e. The number of nitrogens with zero attached hydrogens (tertiary/aromatic N) is 1. The third-order valence-electron chi connectivity index (χ3n) is 7.73. The molecule has 0 unspecified atom stereocenters. The van der Waals surface area contributed by atoms with Crippen LogP contribution in [0.4, 0.5) is 5.69 Å². The highest BCUT2D eigenvalue weighted by molar-refractivity contribution is 6.30. The van der Waals surface area contributed by atoms with Crippen molar-refractivity contribution in [3.63, 3.8) is 0 Å². The van der Waals surface area contributed by atoms with Crippen molar-refractivity contribution < 1.29 is 15.3 Å². The van der Waals surface area contributed by atoms with Crippen molar-refractivity contribution in [2.75, 3.05) is 4.90 Å². The number of rotatable bonds is 5. The number of hydrogen-bond donors (Lipinski definition) is 3. The molecule has 0 amide bonds. The second-order valence-electron chi connectivity index (χ2n) is 15.6. The maximum Gasteiger partial charge on any atom is 0.139 e. The Balaban J connectivity index is 2.29. The first-order valence-corrected chi connectivity index (χ1v) is 14.8. The minimum atomic E-state index is -0.274. The molecule has 0 atom stereocenters. The molecule has 0 aliphatic heterocycles. The van der Waals surface area contributed by atoms with Crippen molar-refractivity contribution in [2.24, 2.45) is 0 Å². The van der Waals surface area contributed by atoms with Gasteiger partial charge in [-0.05, 0) is 74.2 Å². The fourth-order valence-electron chi connectivity index (χ4n) is 5.03. The highest BCUT2D eigenvalue weighted by Gasteiger charge is 2.29. The van der Waals surface area contributed by atoms with E-state index in [0.29, 0.717) is 23.8 Å². The van der Waals surface area contributed by atoms with Gasteiger partial charge >= 0.3 is 0 Å². The summed E-state index contributed by atoms with van der Waals surface area (Å²) in [6, 6.07) is 13.3. The minimum absolute atomic E-state index is 0.0828. The summed E-state index contributed by atoms with van der Waals surface area (Å²) < 4.78 is 0. The van der Waals surface area contributed by atoms with Crippen LogP contribution in [-0.2, 0) is 34.7 Å². The molecule has 0 bridgehead atoms. The van der Waals surface area contributed by atoms with Gasteiger partial charge in [-0.25, -0.2) is 0 Å². The summed E-state index contributed by atoms with van der Waals surface area (Å²) in [5.41, 5.74) is 5.23. The predicted molar refractivity (Wildman–Crippen MR) is 174 cm³/mol. The van der Waals surface area contributed by atoms with E-state index >= 15 is 0 Å². The van der Waals surface area contributed by atoms with E-state index in [2.05, 4.69) is 107 Å². The third kappa shape index (κ3) is 7.52. The van der Waals surface area contributed by atoms with Gasteiger partial charge in [0.2, 0.25) is 0 Å². The Morgan fingerprint density at radius 3 is 1.29 bits per heavy atom. The summed E-state index contributed by atoms with van der Waals surface area (Å²) >= 11 is 6.43. The monoisotopic (exact) mass is 579 g/mol. The third-order valence-corrected chi connectivity index (χ3v) is 7.96. The number of aromatic hydroxyl groups is 3. The van der Waals surface area contributed by atoms with Crippen LogP contribution < -0.4 is 4.90 Å². The average molecular weight is 580 g/mol. The number of halogens is 1. The summed E-state index contributed by atoms with van der Waals surface area (Å²) in [7, 11) is 0. The minimum Gasteiger partial charge on any atom is -0.507 e. The Morgan fingerprint density at radius 1 is 0.561 bits per heavy atom. The van der Waals surface area contributed by atoms with E-state index in [1.807, 2.05) is 4.90 Å². The van der Waals surface area contributed by atoms with Gasteiger partial charge in [-0.3, -0.25) is 0 Å². The lowest BCUT2D eigenvalue weighted by Gasteiger charge is -2.32. The quantitative estimate of drug-likeness (QED) is 0.281. The summed E-state index contributed by atoms with van der Waals surface area (Å²) in [6.07, 6.45) is 0. The first-order valence-electron chi connectivity index (χ1n) is 14.5. The molecule has 3 N–H and O–H groups in total. The topological polar surface area (TPSA) is 63.9 Å². The van der Waals surface area contributed by atoms with Gasteiger partial charge in [0.25, 0.3) is 0 Å². The van der Waals surface area contributed by atoms with Gasteiger partial charge in [-0.1, -0.05) is 107 Å². The van der Waals surface area contributed by atoms with Gasteiger partial charge in [-0.15, -0.1) is 0 Å². The zero-order chi connectivity index (χ0) is 31.3. The molecule has 0 radical (unpaired) electrons. The summed E-state index contributed by atoms with van der Waals surface area (Å²) in [6.45, 7) is 26.2. The Kier molecular flexibility index (Phi) is 8.84. The molecule has 3 aromatic carbocycles. The molecule has 0 saturated carbocycles. The maximum atomic E-state index is 11.6. The first kappa shape index (κ1) is 32.7. The molecule has 0 saturated heterocycles.